The van der Waals surface area contributed by atoms with E-state index in [4.69, 9.17) is 0 Å². The molecule has 2 heterocycles. The zero-order chi connectivity index (χ0) is 16.0. The summed E-state index contributed by atoms with van der Waals surface area (Å²) in [4.78, 5) is 15.8. The summed E-state index contributed by atoms with van der Waals surface area (Å²) in [5.41, 5.74) is 4.60. The fourth-order valence-corrected chi connectivity index (χ4v) is 3.94. The molecule has 4 heteroatoms. The fraction of sp³-hybridized carbons (Fsp3) is 0.263. The van der Waals surface area contributed by atoms with Gasteiger partial charge in [-0.2, -0.15) is 0 Å². The molecular formula is C19H18N2O2. The fourth-order valence-electron chi connectivity index (χ4n) is 3.94. The van der Waals surface area contributed by atoms with E-state index < -0.39 is 5.97 Å². The number of hydrogen-bond acceptors (Lipinski definition) is 3. The molecule has 0 unspecified atom stereocenters. The SMILES string of the molecule is Cc1ccc(C(=O)O)c2c1N[C@H](c1ccncc1)[C@@H]1CC=C[C@@H]21. The molecule has 116 valence electrons. The van der Waals surface area contributed by atoms with Crippen LogP contribution in [0.2, 0.25) is 0 Å². The number of fused-ring (bicyclic) bond motifs is 3. The zero-order valence-corrected chi connectivity index (χ0v) is 12.9. The minimum atomic E-state index is -0.857. The van der Waals surface area contributed by atoms with Crippen molar-refractivity contribution in [1.82, 2.24) is 4.98 Å². The first kappa shape index (κ1) is 14.0. The topological polar surface area (TPSA) is 62.2 Å². The lowest BCUT2D eigenvalue weighted by Crippen LogP contribution is -2.31. The normalized spacial score (nSPS) is 24.7. The van der Waals surface area contributed by atoms with Crippen LogP contribution < -0.4 is 5.32 Å². The third-order valence-electron chi connectivity index (χ3n) is 5.02. The highest BCUT2D eigenvalue weighted by molar-refractivity contribution is 5.93. The first-order valence-electron chi connectivity index (χ1n) is 7.86. The Labute approximate surface area is 134 Å². The third kappa shape index (κ3) is 2.13. The summed E-state index contributed by atoms with van der Waals surface area (Å²) >= 11 is 0. The number of carboxylic acid groups (broad SMARTS) is 1. The van der Waals surface area contributed by atoms with Crippen LogP contribution in [0.3, 0.4) is 0 Å². The van der Waals surface area contributed by atoms with Crippen molar-refractivity contribution in [2.24, 2.45) is 5.92 Å². The molecule has 23 heavy (non-hydrogen) atoms. The number of nitrogens with zero attached hydrogens (tertiary/aromatic N) is 1. The Morgan fingerprint density at radius 1 is 1.26 bits per heavy atom. The molecule has 0 fully saturated rings. The van der Waals surface area contributed by atoms with Gasteiger partial charge in [-0.1, -0.05) is 18.2 Å². The van der Waals surface area contributed by atoms with E-state index in [1.807, 2.05) is 37.5 Å². The van der Waals surface area contributed by atoms with E-state index in [2.05, 4.69) is 22.5 Å². The Kier molecular flexibility index (Phi) is 3.18. The summed E-state index contributed by atoms with van der Waals surface area (Å²) in [6, 6.07) is 7.86. The summed E-state index contributed by atoms with van der Waals surface area (Å²) < 4.78 is 0. The van der Waals surface area contributed by atoms with E-state index in [0.717, 1.165) is 23.2 Å². The summed E-state index contributed by atoms with van der Waals surface area (Å²) in [7, 11) is 0. The molecule has 4 rings (SSSR count). The first-order chi connectivity index (χ1) is 11.2. The standard InChI is InChI=1S/C19H18N2O2/c1-11-5-6-15(19(22)23)16-13-3-2-4-14(13)18(21-17(11)16)12-7-9-20-10-8-12/h2-3,5-10,13-14,18,21H,4H2,1H3,(H,22,23)/t13-,14-,18-/m1/s1. The van der Waals surface area contributed by atoms with Crippen molar-refractivity contribution >= 4 is 11.7 Å². The number of rotatable bonds is 2. The molecule has 3 atom stereocenters. The highest BCUT2D eigenvalue weighted by Gasteiger charge is 2.40. The van der Waals surface area contributed by atoms with Crippen molar-refractivity contribution in [3.8, 4) is 0 Å². The van der Waals surface area contributed by atoms with Crippen LogP contribution in [-0.2, 0) is 0 Å². The molecule has 1 aromatic heterocycles. The Bertz CT molecular complexity index is 799. The molecule has 1 aliphatic heterocycles. The number of carbonyl (C=O) groups is 1. The number of carboxylic acids is 1. The molecule has 1 aliphatic carbocycles. The molecule has 4 nitrogen and oxygen atoms in total. The average Bonchev–Trinajstić information content (AvgIpc) is 3.05. The smallest absolute Gasteiger partial charge is 0.336 e. The van der Waals surface area contributed by atoms with Gasteiger partial charge in [0.1, 0.15) is 0 Å². The van der Waals surface area contributed by atoms with Gasteiger partial charge in [0.05, 0.1) is 11.6 Å². The van der Waals surface area contributed by atoms with Crippen LogP contribution in [0.15, 0.2) is 48.8 Å². The van der Waals surface area contributed by atoms with Crippen molar-refractivity contribution in [2.45, 2.75) is 25.3 Å². The van der Waals surface area contributed by atoms with E-state index in [1.165, 1.54) is 5.56 Å². The lowest BCUT2D eigenvalue weighted by atomic mass is 9.75. The zero-order valence-electron chi connectivity index (χ0n) is 12.9. The van der Waals surface area contributed by atoms with Crippen LogP contribution in [0.5, 0.6) is 0 Å². The first-order valence-corrected chi connectivity index (χ1v) is 7.86. The van der Waals surface area contributed by atoms with Crippen LogP contribution >= 0.6 is 0 Å². The van der Waals surface area contributed by atoms with E-state index in [-0.39, 0.29) is 12.0 Å². The van der Waals surface area contributed by atoms with Crippen LogP contribution in [-0.4, -0.2) is 16.1 Å². The molecule has 0 saturated heterocycles. The van der Waals surface area contributed by atoms with Gasteiger partial charge >= 0.3 is 5.97 Å². The van der Waals surface area contributed by atoms with Gasteiger partial charge in [-0.25, -0.2) is 4.79 Å². The molecule has 0 spiro atoms. The maximum atomic E-state index is 11.7. The second-order valence-corrected chi connectivity index (χ2v) is 6.28. The van der Waals surface area contributed by atoms with Crippen LogP contribution in [0.1, 0.15) is 45.4 Å². The van der Waals surface area contributed by atoms with Gasteiger partial charge in [0.2, 0.25) is 0 Å². The van der Waals surface area contributed by atoms with Gasteiger partial charge in [0.25, 0.3) is 0 Å². The molecule has 1 aromatic carbocycles. The highest BCUT2D eigenvalue weighted by Crippen LogP contribution is 2.51. The second kappa shape index (κ2) is 5.23. The molecule has 0 bridgehead atoms. The summed E-state index contributed by atoms with van der Waals surface area (Å²) in [5, 5.41) is 13.2. The summed E-state index contributed by atoms with van der Waals surface area (Å²) in [5.74, 6) is -0.371. The summed E-state index contributed by atoms with van der Waals surface area (Å²) in [6.45, 7) is 2.03. The quantitative estimate of drug-likeness (QED) is 0.826. The minimum Gasteiger partial charge on any atom is -0.478 e. The maximum absolute atomic E-state index is 11.7. The number of aryl methyl sites for hydroxylation is 1. The Morgan fingerprint density at radius 2 is 2.04 bits per heavy atom. The van der Waals surface area contributed by atoms with E-state index in [0.29, 0.717) is 11.5 Å². The van der Waals surface area contributed by atoms with E-state index >= 15 is 0 Å². The highest BCUT2D eigenvalue weighted by atomic mass is 16.4. The molecule has 2 aromatic rings. The van der Waals surface area contributed by atoms with Gasteiger partial charge in [0, 0.05) is 24.0 Å². The lowest BCUT2D eigenvalue weighted by Gasteiger charge is -2.39. The molecule has 0 amide bonds. The molecule has 0 radical (unpaired) electrons. The third-order valence-corrected chi connectivity index (χ3v) is 5.02. The van der Waals surface area contributed by atoms with Crippen molar-refractivity contribution in [3.63, 3.8) is 0 Å². The van der Waals surface area contributed by atoms with Gasteiger partial charge in [-0.05, 0) is 54.2 Å². The number of aromatic carboxylic acids is 1. The van der Waals surface area contributed by atoms with E-state index in [9.17, 15) is 9.90 Å². The number of benzene rings is 1. The average molecular weight is 306 g/mol. The lowest BCUT2D eigenvalue weighted by molar-refractivity contribution is 0.0695. The van der Waals surface area contributed by atoms with Crippen molar-refractivity contribution in [1.29, 1.82) is 0 Å². The van der Waals surface area contributed by atoms with Crippen molar-refractivity contribution in [3.05, 3.63) is 71.1 Å². The predicted molar refractivity (Wildman–Crippen MR) is 88.7 cm³/mol. The second-order valence-electron chi connectivity index (χ2n) is 6.28. The van der Waals surface area contributed by atoms with Crippen molar-refractivity contribution < 1.29 is 9.90 Å². The van der Waals surface area contributed by atoms with Gasteiger partial charge in [-0.15, -0.1) is 0 Å². The van der Waals surface area contributed by atoms with Gasteiger partial charge in [-0.3, -0.25) is 4.98 Å². The van der Waals surface area contributed by atoms with Crippen molar-refractivity contribution in [2.75, 3.05) is 5.32 Å². The van der Waals surface area contributed by atoms with Gasteiger partial charge < -0.3 is 10.4 Å². The monoisotopic (exact) mass is 306 g/mol. The van der Waals surface area contributed by atoms with Crippen LogP contribution in [0.25, 0.3) is 0 Å². The predicted octanol–water partition coefficient (Wildman–Crippen LogP) is 3.91. The number of pyridine rings is 1. The molecular weight excluding hydrogens is 288 g/mol. The molecule has 0 saturated carbocycles. The van der Waals surface area contributed by atoms with Crippen LogP contribution in [0, 0.1) is 12.8 Å². The number of anilines is 1. The Hall–Kier alpha value is -2.62. The van der Waals surface area contributed by atoms with Gasteiger partial charge in [0.15, 0.2) is 0 Å². The minimum absolute atomic E-state index is 0.149. The molecule has 2 N–H and O–H groups in total. The number of nitrogens with one attached hydrogen (secondary N) is 1. The maximum Gasteiger partial charge on any atom is 0.336 e. The number of allylic oxidation sites excluding steroid dienone is 2. The molecule has 2 aliphatic rings. The summed E-state index contributed by atoms with van der Waals surface area (Å²) in [6.07, 6.45) is 8.92. The van der Waals surface area contributed by atoms with Crippen LogP contribution in [0.4, 0.5) is 5.69 Å². The number of aromatic nitrogens is 1. The Morgan fingerprint density at radius 3 is 2.78 bits per heavy atom. The largest absolute Gasteiger partial charge is 0.478 e. The Balaban J connectivity index is 1.89. The van der Waals surface area contributed by atoms with E-state index in [1.54, 1.807) is 6.07 Å². The number of hydrogen-bond donors (Lipinski definition) is 2.